The molecule has 0 amide bonds. The van der Waals surface area contributed by atoms with Gasteiger partial charge in [0.1, 0.15) is 5.82 Å². The summed E-state index contributed by atoms with van der Waals surface area (Å²) >= 11 is 0. The molecule has 13 heavy (non-hydrogen) atoms. The maximum absolute atomic E-state index is 12.9. The topological polar surface area (TPSA) is 32.3 Å². The van der Waals surface area contributed by atoms with Crippen molar-refractivity contribution in [1.82, 2.24) is 0 Å². The van der Waals surface area contributed by atoms with Crippen molar-refractivity contribution in [3.63, 3.8) is 0 Å². The zero-order chi connectivity index (χ0) is 9.47. The second kappa shape index (κ2) is 2.70. The minimum Gasteiger partial charge on any atom is -0.385 e. The van der Waals surface area contributed by atoms with E-state index in [4.69, 9.17) is 0 Å². The van der Waals surface area contributed by atoms with Crippen LogP contribution in [0, 0.1) is 5.82 Å². The molecule has 2 N–H and O–H groups in total. The number of hydrogen-bond acceptors (Lipinski definition) is 2. The SMILES string of the molecule is CC1(O)CCNc2ccc(F)cc21. The summed E-state index contributed by atoms with van der Waals surface area (Å²) in [6.45, 7) is 2.44. The summed E-state index contributed by atoms with van der Waals surface area (Å²) < 4.78 is 12.9. The molecule has 2 rings (SSSR count). The first-order valence-electron chi connectivity index (χ1n) is 4.36. The Hall–Kier alpha value is -1.09. The summed E-state index contributed by atoms with van der Waals surface area (Å²) in [6, 6.07) is 4.45. The Bertz CT molecular complexity index is 336. The molecule has 3 heteroatoms. The van der Waals surface area contributed by atoms with Crippen LogP contribution < -0.4 is 5.32 Å². The summed E-state index contributed by atoms with van der Waals surface area (Å²) in [7, 11) is 0. The van der Waals surface area contributed by atoms with E-state index in [0.29, 0.717) is 12.0 Å². The molecule has 0 fully saturated rings. The van der Waals surface area contributed by atoms with Gasteiger partial charge in [-0.25, -0.2) is 4.39 Å². The molecular weight excluding hydrogens is 169 g/mol. The van der Waals surface area contributed by atoms with Gasteiger partial charge in [-0.2, -0.15) is 0 Å². The highest BCUT2D eigenvalue weighted by Crippen LogP contribution is 2.34. The average Bonchev–Trinajstić information content (AvgIpc) is 2.06. The van der Waals surface area contributed by atoms with E-state index in [-0.39, 0.29) is 5.82 Å². The van der Waals surface area contributed by atoms with Crippen molar-refractivity contribution in [2.24, 2.45) is 0 Å². The third-order valence-corrected chi connectivity index (χ3v) is 2.49. The van der Waals surface area contributed by atoms with E-state index < -0.39 is 5.60 Å². The van der Waals surface area contributed by atoms with Crippen LogP contribution in [-0.2, 0) is 5.60 Å². The van der Waals surface area contributed by atoms with Crippen molar-refractivity contribution >= 4 is 5.69 Å². The van der Waals surface area contributed by atoms with Gasteiger partial charge in [0.2, 0.25) is 0 Å². The quantitative estimate of drug-likeness (QED) is 0.640. The van der Waals surface area contributed by atoms with Crippen molar-refractivity contribution in [2.45, 2.75) is 18.9 Å². The van der Waals surface area contributed by atoms with Gasteiger partial charge in [0.15, 0.2) is 0 Å². The molecular formula is C10H12FNO. The van der Waals surface area contributed by atoms with Crippen molar-refractivity contribution < 1.29 is 9.50 Å². The van der Waals surface area contributed by atoms with E-state index in [2.05, 4.69) is 5.32 Å². The Labute approximate surface area is 76.4 Å². The highest BCUT2D eigenvalue weighted by Gasteiger charge is 2.29. The monoisotopic (exact) mass is 181 g/mol. The Morgan fingerprint density at radius 2 is 2.31 bits per heavy atom. The van der Waals surface area contributed by atoms with Gasteiger partial charge in [-0.05, 0) is 31.5 Å². The maximum Gasteiger partial charge on any atom is 0.123 e. The van der Waals surface area contributed by atoms with Crippen LogP contribution in [0.4, 0.5) is 10.1 Å². The highest BCUT2D eigenvalue weighted by atomic mass is 19.1. The number of rotatable bonds is 0. The fourth-order valence-electron chi connectivity index (χ4n) is 1.69. The summed E-state index contributed by atoms with van der Waals surface area (Å²) in [5.41, 5.74) is 0.583. The van der Waals surface area contributed by atoms with Gasteiger partial charge in [-0.1, -0.05) is 0 Å². The molecule has 1 aromatic carbocycles. The first-order valence-corrected chi connectivity index (χ1v) is 4.36. The van der Waals surface area contributed by atoms with E-state index >= 15 is 0 Å². The fraction of sp³-hybridized carbons (Fsp3) is 0.400. The van der Waals surface area contributed by atoms with Crippen LogP contribution in [-0.4, -0.2) is 11.7 Å². The van der Waals surface area contributed by atoms with Crippen molar-refractivity contribution in [3.8, 4) is 0 Å². The molecule has 1 atom stereocenters. The molecule has 0 saturated carbocycles. The smallest absolute Gasteiger partial charge is 0.123 e. The Kier molecular flexibility index (Phi) is 1.77. The van der Waals surface area contributed by atoms with Gasteiger partial charge in [-0.15, -0.1) is 0 Å². The second-order valence-electron chi connectivity index (χ2n) is 3.64. The predicted octanol–water partition coefficient (Wildman–Crippen LogP) is 1.85. The van der Waals surface area contributed by atoms with E-state index in [1.807, 2.05) is 0 Å². The van der Waals surface area contributed by atoms with Crippen LogP contribution in [0.1, 0.15) is 18.9 Å². The van der Waals surface area contributed by atoms with Gasteiger partial charge in [0.05, 0.1) is 5.60 Å². The maximum atomic E-state index is 12.9. The van der Waals surface area contributed by atoms with Crippen LogP contribution in [0.2, 0.25) is 0 Å². The lowest BCUT2D eigenvalue weighted by Gasteiger charge is -2.31. The van der Waals surface area contributed by atoms with Gasteiger partial charge in [0.25, 0.3) is 0 Å². The first-order chi connectivity index (χ1) is 6.09. The molecule has 1 aliphatic heterocycles. The van der Waals surface area contributed by atoms with Gasteiger partial charge < -0.3 is 10.4 Å². The van der Waals surface area contributed by atoms with Crippen LogP contribution >= 0.6 is 0 Å². The zero-order valence-electron chi connectivity index (χ0n) is 7.47. The van der Waals surface area contributed by atoms with Crippen LogP contribution in [0.25, 0.3) is 0 Å². The van der Waals surface area contributed by atoms with E-state index in [9.17, 15) is 9.50 Å². The predicted molar refractivity (Wildman–Crippen MR) is 49.1 cm³/mol. The van der Waals surface area contributed by atoms with Crippen LogP contribution in [0.15, 0.2) is 18.2 Å². The average molecular weight is 181 g/mol. The van der Waals surface area contributed by atoms with E-state index in [0.717, 1.165) is 12.2 Å². The molecule has 1 unspecified atom stereocenters. The lowest BCUT2D eigenvalue weighted by atomic mass is 9.88. The molecule has 1 heterocycles. The molecule has 70 valence electrons. The normalized spacial score (nSPS) is 26.4. The lowest BCUT2D eigenvalue weighted by molar-refractivity contribution is 0.0485. The summed E-state index contributed by atoms with van der Waals surface area (Å²) in [4.78, 5) is 0. The summed E-state index contributed by atoms with van der Waals surface area (Å²) in [5.74, 6) is -0.303. The zero-order valence-corrected chi connectivity index (χ0v) is 7.47. The van der Waals surface area contributed by atoms with Crippen molar-refractivity contribution in [3.05, 3.63) is 29.6 Å². The fourth-order valence-corrected chi connectivity index (χ4v) is 1.69. The molecule has 0 bridgehead atoms. The second-order valence-corrected chi connectivity index (χ2v) is 3.64. The summed E-state index contributed by atoms with van der Waals surface area (Å²) in [6.07, 6.45) is 0.615. The lowest BCUT2D eigenvalue weighted by Crippen LogP contribution is -2.30. The van der Waals surface area contributed by atoms with Crippen molar-refractivity contribution in [1.29, 1.82) is 0 Å². The standard InChI is InChI=1S/C10H12FNO/c1-10(13)4-5-12-9-3-2-7(11)6-8(9)10/h2-3,6,12-13H,4-5H2,1H3. The highest BCUT2D eigenvalue weighted by molar-refractivity contribution is 5.55. The largest absolute Gasteiger partial charge is 0.385 e. The Morgan fingerprint density at radius 1 is 1.54 bits per heavy atom. The number of benzene rings is 1. The first kappa shape index (κ1) is 8.51. The molecule has 1 aliphatic rings. The minimum absolute atomic E-state index is 0.303. The van der Waals surface area contributed by atoms with Crippen LogP contribution in [0.3, 0.4) is 0 Å². The Balaban J connectivity index is 2.55. The molecule has 0 radical (unpaired) electrons. The molecule has 0 spiro atoms. The number of anilines is 1. The Morgan fingerprint density at radius 3 is 3.08 bits per heavy atom. The van der Waals surface area contributed by atoms with Gasteiger partial charge >= 0.3 is 0 Å². The molecule has 2 nitrogen and oxygen atoms in total. The third kappa shape index (κ3) is 1.40. The minimum atomic E-state index is -0.900. The number of aliphatic hydroxyl groups is 1. The molecule has 1 aromatic rings. The van der Waals surface area contributed by atoms with Crippen LogP contribution in [0.5, 0.6) is 0 Å². The summed E-state index contributed by atoms with van der Waals surface area (Å²) in [5, 5.41) is 13.1. The number of halogens is 1. The number of hydrogen-bond donors (Lipinski definition) is 2. The van der Waals surface area contributed by atoms with E-state index in [1.165, 1.54) is 12.1 Å². The van der Waals surface area contributed by atoms with Crippen molar-refractivity contribution in [2.75, 3.05) is 11.9 Å². The van der Waals surface area contributed by atoms with Gasteiger partial charge in [-0.3, -0.25) is 0 Å². The van der Waals surface area contributed by atoms with Gasteiger partial charge in [0, 0.05) is 17.8 Å². The number of fused-ring (bicyclic) bond motifs is 1. The third-order valence-electron chi connectivity index (χ3n) is 2.49. The molecule has 0 saturated heterocycles. The van der Waals surface area contributed by atoms with E-state index in [1.54, 1.807) is 13.0 Å². The number of nitrogens with one attached hydrogen (secondary N) is 1. The molecule has 0 aliphatic carbocycles. The molecule has 0 aromatic heterocycles.